The lowest BCUT2D eigenvalue weighted by molar-refractivity contribution is 0.0724. The van der Waals surface area contributed by atoms with Crippen molar-refractivity contribution in [2.45, 2.75) is 19.3 Å². The molecule has 0 unspecified atom stereocenters. The number of amides is 1. The van der Waals surface area contributed by atoms with E-state index in [1.807, 2.05) is 23.1 Å². The first-order valence-electron chi connectivity index (χ1n) is 6.53. The minimum atomic E-state index is 0.105. The van der Waals surface area contributed by atoms with Crippen molar-refractivity contribution in [1.82, 2.24) is 4.90 Å². The standard InChI is InChI=1S/C14H20N2O2/c15-7-10-18-13-6-4-5-12(11-13)14(17)16-8-2-1-3-9-16/h4-6,11H,1-3,7-10,15H2. The molecule has 2 N–H and O–H groups in total. The van der Waals surface area contributed by atoms with Crippen molar-refractivity contribution in [2.75, 3.05) is 26.2 Å². The summed E-state index contributed by atoms with van der Waals surface area (Å²) < 4.78 is 5.44. The summed E-state index contributed by atoms with van der Waals surface area (Å²) in [6.07, 6.45) is 3.44. The zero-order valence-corrected chi connectivity index (χ0v) is 10.6. The third-order valence-corrected chi connectivity index (χ3v) is 3.11. The van der Waals surface area contributed by atoms with Gasteiger partial charge in [-0.2, -0.15) is 0 Å². The number of hydrogen-bond acceptors (Lipinski definition) is 3. The predicted octanol–water partition coefficient (Wildman–Crippen LogP) is 1.65. The Morgan fingerprint density at radius 3 is 2.78 bits per heavy atom. The average molecular weight is 248 g/mol. The fourth-order valence-corrected chi connectivity index (χ4v) is 2.18. The van der Waals surface area contributed by atoms with Crippen LogP contribution in [0.3, 0.4) is 0 Å². The molecule has 1 aromatic rings. The van der Waals surface area contributed by atoms with E-state index in [-0.39, 0.29) is 5.91 Å². The fourth-order valence-electron chi connectivity index (χ4n) is 2.18. The highest BCUT2D eigenvalue weighted by Gasteiger charge is 2.18. The highest BCUT2D eigenvalue weighted by atomic mass is 16.5. The van der Waals surface area contributed by atoms with Crippen LogP contribution >= 0.6 is 0 Å². The Labute approximate surface area is 108 Å². The molecule has 2 rings (SSSR count). The molecule has 0 radical (unpaired) electrons. The van der Waals surface area contributed by atoms with Gasteiger partial charge in [0.05, 0.1) is 0 Å². The van der Waals surface area contributed by atoms with Gasteiger partial charge >= 0.3 is 0 Å². The first-order chi connectivity index (χ1) is 8.81. The molecule has 1 heterocycles. The molecule has 0 atom stereocenters. The Morgan fingerprint density at radius 1 is 1.28 bits per heavy atom. The summed E-state index contributed by atoms with van der Waals surface area (Å²) in [5, 5.41) is 0. The van der Waals surface area contributed by atoms with Gasteiger partial charge in [-0.25, -0.2) is 0 Å². The molecular formula is C14H20N2O2. The van der Waals surface area contributed by atoms with E-state index in [4.69, 9.17) is 10.5 Å². The Hall–Kier alpha value is -1.55. The summed E-state index contributed by atoms with van der Waals surface area (Å²) in [6, 6.07) is 7.34. The van der Waals surface area contributed by atoms with Crippen LogP contribution in [0, 0.1) is 0 Å². The van der Waals surface area contributed by atoms with Gasteiger partial charge in [-0.15, -0.1) is 0 Å². The van der Waals surface area contributed by atoms with Crippen molar-refractivity contribution >= 4 is 5.91 Å². The Bertz CT molecular complexity index is 401. The molecule has 1 aliphatic heterocycles. The number of carbonyl (C=O) groups is 1. The van der Waals surface area contributed by atoms with Gasteiger partial charge < -0.3 is 15.4 Å². The largest absolute Gasteiger partial charge is 0.492 e. The minimum absolute atomic E-state index is 0.105. The van der Waals surface area contributed by atoms with Crippen molar-refractivity contribution in [3.8, 4) is 5.75 Å². The van der Waals surface area contributed by atoms with Crippen molar-refractivity contribution in [2.24, 2.45) is 5.73 Å². The summed E-state index contributed by atoms with van der Waals surface area (Å²) in [5.41, 5.74) is 6.09. The number of nitrogens with zero attached hydrogens (tertiary/aromatic N) is 1. The normalized spacial score (nSPS) is 15.5. The zero-order chi connectivity index (χ0) is 12.8. The molecule has 1 aliphatic rings. The fraction of sp³-hybridized carbons (Fsp3) is 0.500. The highest BCUT2D eigenvalue weighted by molar-refractivity contribution is 5.94. The van der Waals surface area contributed by atoms with E-state index in [0.29, 0.717) is 24.5 Å². The highest BCUT2D eigenvalue weighted by Crippen LogP contribution is 2.17. The van der Waals surface area contributed by atoms with E-state index in [1.54, 1.807) is 6.07 Å². The molecule has 4 nitrogen and oxygen atoms in total. The summed E-state index contributed by atoms with van der Waals surface area (Å²) in [5.74, 6) is 0.816. The molecule has 4 heteroatoms. The monoisotopic (exact) mass is 248 g/mol. The Kier molecular flexibility index (Phi) is 4.59. The number of hydrogen-bond donors (Lipinski definition) is 1. The van der Waals surface area contributed by atoms with Gasteiger partial charge in [-0.05, 0) is 37.5 Å². The van der Waals surface area contributed by atoms with Crippen molar-refractivity contribution in [3.05, 3.63) is 29.8 Å². The second kappa shape index (κ2) is 6.40. The van der Waals surface area contributed by atoms with Crippen LogP contribution in [0.1, 0.15) is 29.6 Å². The lowest BCUT2D eigenvalue weighted by Crippen LogP contribution is -2.35. The van der Waals surface area contributed by atoms with Crippen LogP contribution in [0.5, 0.6) is 5.75 Å². The van der Waals surface area contributed by atoms with Crippen LogP contribution in [0.25, 0.3) is 0 Å². The summed E-state index contributed by atoms with van der Waals surface area (Å²) in [4.78, 5) is 14.2. The maximum absolute atomic E-state index is 12.3. The van der Waals surface area contributed by atoms with E-state index in [0.717, 1.165) is 25.9 Å². The van der Waals surface area contributed by atoms with Crippen molar-refractivity contribution in [3.63, 3.8) is 0 Å². The quantitative estimate of drug-likeness (QED) is 0.881. The maximum Gasteiger partial charge on any atom is 0.253 e. The van der Waals surface area contributed by atoms with E-state index in [9.17, 15) is 4.79 Å². The lowest BCUT2D eigenvalue weighted by Gasteiger charge is -2.26. The third-order valence-electron chi connectivity index (χ3n) is 3.11. The molecule has 1 fully saturated rings. The van der Waals surface area contributed by atoms with Gasteiger partial charge in [0.2, 0.25) is 0 Å². The third kappa shape index (κ3) is 3.23. The molecule has 1 amide bonds. The van der Waals surface area contributed by atoms with E-state index in [2.05, 4.69) is 0 Å². The van der Waals surface area contributed by atoms with Gasteiger partial charge in [0.1, 0.15) is 12.4 Å². The molecule has 0 aromatic heterocycles. The van der Waals surface area contributed by atoms with Crippen LogP contribution in [0.2, 0.25) is 0 Å². The molecule has 1 aromatic carbocycles. The topological polar surface area (TPSA) is 55.6 Å². The molecule has 0 bridgehead atoms. The van der Waals surface area contributed by atoms with Gasteiger partial charge in [0.25, 0.3) is 5.91 Å². The van der Waals surface area contributed by atoms with Gasteiger partial charge in [0, 0.05) is 25.2 Å². The molecule has 18 heavy (non-hydrogen) atoms. The molecule has 98 valence electrons. The van der Waals surface area contributed by atoms with E-state index in [1.165, 1.54) is 6.42 Å². The first-order valence-corrected chi connectivity index (χ1v) is 6.53. The SMILES string of the molecule is NCCOc1cccc(C(=O)N2CCCCC2)c1. The van der Waals surface area contributed by atoms with E-state index >= 15 is 0 Å². The van der Waals surface area contributed by atoms with Gasteiger partial charge in [-0.3, -0.25) is 4.79 Å². The Balaban J connectivity index is 2.04. The van der Waals surface area contributed by atoms with Crippen LogP contribution in [0.4, 0.5) is 0 Å². The summed E-state index contributed by atoms with van der Waals surface area (Å²) >= 11 is 0. The van der Waals surface area contributed by atoms with Gasteiger partial charge in [0.15, 0.2) is 0 Å². The first kappa shape index (κ1) is 12.9. The smallest absolute Gasteiger partial charge is 0.253 e. The summed E-state index contributed by atoms with van der Waals surface area (Å²) in [7, 11) is 0. The number of rotatable bonds is 4. The molecule has 0 spiro atoms. The number of benzene rings is 1. The second-order valence-corrected chi connectivity index (χ2v) is 4.52. The molecule has 1 saturated heterocycles. The van der Waals surface area contributed by atoms with Crippen LogP contribution in [-0.2, 0) is 0 Å². The number of carbonyl (C=O) groups excluding carboxylic acids is 1. The van der Waals surface area contributed by atoms with Crippen molar-refractivity contribution in [1.29, 1.82) is 0 Å². The molecular weight excluding hydrogens is 228 g/mol. The maximum atomic E-state index is 12.3. The molecule has 0 aliphatic carbocycles. The molecule has 0 saturated carbocycles. The van der Waals surface area contributed by atoms with Crippen LogP contribution in [0.15, 0.2) is 24.3 Å². The number of likely N-dealkylation sites (tertiary alicyclic amines) is 1. The average Bonchev–Trinajstić information content (AvgIpc) is 2.45. The minimum Gasteiger partial charge on any atom is -0.492 e. The number of nitrogens with two attached hydrogens (primary N) is 1. The van der Waals surface area contributed by atoms with Crippen LogP contribution < -0.4 is 10.5 Å². The van der Waals surface area contributed by atoms with E-state index < -0.39 is 0 Å². The number of piperidine rings is 1. The van der Waals surface area contributed by atoms with Gasteiger partial charge in [-0.1, -0.05) is 6.07 Å². The van der Waals surface area contributed by atoms with Crippen LogP contribution in [-0.4, -0.2) is 37.0 Å². The second-order valence-electron chi connectivity index (χ2n) is 4.52. The Morgan fingerprint density at radius 2 is 2.06 bits per heavy atom. The van der Waals surface area contributed by atoms with Crippen molar-refractivity contribution < 1.29 is 9.53 Å². The zero-order valence-electron chi connectivity index (χ0n) is 10.6. The number of ether oxygens (including phenoxy) is 1. The summed E-state index contributed by atoms with van der Waals surface area (Å²) in [6.45, 7) is 2.69. The lowest BCUT2D eigenvalue weighted by atomic mass is 10.1. The predicted molar refractivity (Wildman–Crippen MR) is 70.7 cm³/mol.